The Balaban J connectivity index is 2.30. The van der Waals surface area contributed by atoms with E-state index in [-0.39, 0.29) is 11.3 Å². The molecular weight excluding hydrogens is 327 g/mol. The molecule has 10 heteroatoms. The highest BCUT2D eigenvalue weighted by atomic mass is 19.4. The molecule has 0 fully saturated rings. The Morgan fingerprint density at radius 1 is 1.33 bits per heavy atom. The van der Waals surface area contributed by atoms with Crippen LogP contribution in [0.5, 0.6) is 0 Å². The van der Waals surface area contributed by atoms with Gasteiger partial charge in [-0.3, -0.25) is 4.68 Å². The van der Waals surface area contributed by atoms with Crippen LogP contribution < -0.4 is 0 Å². The maximum atomic E-state index is 13.3. The predicted molar refractivity (Wildman–Crippen MR) is 76.6 cm³/mol. The van der Waals surface area contributed by atoms with Crippen LogP contribution in [0.15, 0.2) is 18.3 Å². The molecule has 3 rings (SSSR count). The summed E-state index contributed by atoms with van der Waals surface area (Å²) in [6, 6.07) is 1.84. The molecule has 0 aliphatic rings. The number of alkyl halides is 3. The first-order chi connectivity index (χ1) is 11.2. The third-order valence-electron chi connectivity index (χ3n) is 3.62. The average Bonchev–Trinajstić information content (AvgIpc) is 3.08. The van der Waals surface area contributed by atoms with E-state index in [0.29, 0.717) is 22.3 Å². The SMILES string of the molecule is CCn1ncc(-c2cc(C(F)(F)F)n3nc(C(=O)O)cc3n2)c1C. The lowest BCUT2D eigenvalue weighted by Crippen LogP contribution is -2.14. The van der Waals surface area contributed by atoms with E-state index in [4.69, 9.17) is 5.11 Å². The molecular formula is C14H12F3N5O2. The monoisotopic (exact) mass is 339 g/mol. The molecule has 126 valence electrons. The number of nitrogens with zero attached hydrogens (tertiary/aromatic N) is 5. The molecule has 7 nitrogen and oxygen atoms in total. The number of carboxylic acids is 1. The molecule has 0 radical (unpaired) electrons. The van der Waals surface area contributed by atoms with E-state index in [0.717, 1.165) is 12.1 Å². The standard InChI is InChI=1S/C14H12F3N5O2/c1-3-21-7(2)8(6-18-21)9-4-11(14(15,16)17)22-12(19-9)5-10(20-22)13(23)24/h4-6H,3H2,1-2H3,(H,23,24). The molecule has 0 amide bonds. The minimum Gasteiger partial charge on any atom is -0.476 e. The van der Waals surface area contributed by atoms with E-state index in [1.165, 1.54) is 6.20 Å². The number of aromatic carboxylic acids is 1. The van der Waals surface area contributed by atoms with Crippen molar-refractivity contribution in [2.45, 2.75) is 26.6 Å². The lowest BCUT2D eigenvalue weighted by molar-refractivity contribution is -0.142. The van der Waals surface area contributed by atoms with Crippen LogP contribution >= 0.6 is 0 Å². The van der Waals surface area contributed by atoms with Gasteiger partial charge < -0.3 is 5.11 Å². The van der Waals surface area contributed by atoms with E-state index in [2.05, 4.69) is 15.2 Å². The van der Waals surface area contributed by atoms with Crippen molar-refractivity contribution in [1.82, 2.24) is 24.4 Å². The Labute approximate surface area is 133 Å². The van der Waals surface area contributed by atoms with Gasteiger partial charge in [0.15, 0.2) is 17.0 Å². The highest BCUT2D eigenvalue weighted by Gasteiger charge is 2.36. The van der Waals surface area contributed by atoms with Crippen molar-refractivity contribution in [3.8, 4) is 11.3 Å². The molecule has 0 unspecified atom stereocenters. The Morgan fingerprint density at radius 3 is 2.58 bits per heavy atom. The van der Waals surface area contributed by atoms with Gasteiger partial charge in [0.05, 0.1) is 11.9 Å². The predicted octanol–water partition coefficient (Wildman–Crippen LogP) is 2.64. The van der Waals surface area contributed by atoms with E-state index in [9.17, 15) is 18.0 Å². The topological polar surface area (TPSA) is 85.3 Å². The molecule has 3 aromatic heterocycles. The smallest absolute Gasteiger partial charge is 0.433 e. The summed E-state index contributed by atoms with van der Waals surface area (Å²) in [5, 5.41) is 16.5. The summed E-state index contributed by atoms with van der Waals surface area (Å²) >= 11 is 0. The van der Waals surface area contributed by atoms with Crippen LogP contribution in [0.3, 0.4) is 0 Å². The second-order valence-corrected chi connectivity index (χ2v) is 5.09. The van der Waals surface area contributed by atoms with Crippen LogP contribution in [0.2, 0.25) is 0 Å². The highest BCUT2D eigenvalue weighted by Crippen LogP contribution is 2.33. The van der Waals surface area contributed by atoms with Crippen LogP contribution in [0.1, 0.15) is 28.8 Å². The Morgan fingerprint density at radius 2 is 2.04 bits per heavy atom. The number of halogens is 3. The second-order valence-electron chi connectivity index (χ2n) is 5.09. The normalized spacial score (nSPS) is 12.0. The van der Waals surface area contributed by atoms with Gasteiger partial charge in [0.2, 0.25) is 0 Å². The van der Waals surface area contributed by atoms with E-state index < -0.39 is 23.5 Å². The number of rotatable bonds is 3. The molecule has 0 aliphatic heterocycles. The number of carboxylic acid groups (broad SMARTS) is 1. The zero-order valence-electron chi connectivity index (χ0n) is 12.7. The first-order valence-corrected chi connectivity index (χ1v) is 6.96. The minimum absolute atomic E-state index is 0.0591. The van der Waals surface area contributed by atoms with E-state index in [1.807, 2.05) is 6.92 Å². The molecule has 1 N–H and O–H groups in total. The Kier molecular flexibility index (Phi) is 3.54. The molecule has 0 saturated carbocycles. The molecule has 24 heavy (non-hydrogen) atoms. The van der Waals surface area contributed by atoms with Crippen LogP contribution in [-0.4, -0.2) is 35.5 Å². The summed E-state index contributed by atoms with van der Waals surface area (Å²) in [6.45, 7) is 4.15. The van der Waals surface area contributed by atoms with Crippen molar-refractivity contribution in [1.29, 1.82) is 0 Å². The molecule has 0 bridgehead atoms. The van der Waals surface area contributed by atoms with Gasteiger partial charge in [-0.1, -0.05) is 0 Å². The Hall–Kier alpha value is -2.91. The minimum atomic E-state index is -4.72. The summed E-state index contributed by atoms with van der Waals surface area (Å²) in [5.74, 6) is -1.43. The van der Waals surface area contributed by atoms with Gasteiger partial charge in [0.25, 0.3) is 0 Å². The van der Waals surface area contributed by atoms with Gasteiger partial charge in [-0.2, -0.15) is 23.4 Å². The molecule has 0 atom stereocenters. The van der Waals surface area contributed by atoms with Crippen molar-refractivity contribution in [2.75, 3.05) is 0 Å². The molecule has 0 aromatic carbocycles. The van der Waals surface area contributed by atoms with E-state index >= 15 is 0 Å². The fraction of sp³-hybridized carbons (Fsp3) is 0.286. The first-order valence-electron chi connectivity index (χ1n) is 6.96. The van der Waals surface area contributed by atoms with Crippen molar-refractivity contribution in [3.63, 3.8) is 0 Å². The summed E-state index contributed by atoms with van der Waals surface area (Å²) in [5.41, 5.74) is -0.627. The molecule has 3 aromatic rings. The van der Waals surface area contributed by atoms with Crippen molar-refractivity contribution < 1.29 is 23.1 Å². The van der Waals surface area contributed by atoms with Gasteiger partial charge >= 0.3 is 12.1 Å². The van der Waals surface area contributed by atoms with Gasteiger partial charge in [0, 0.05) is 23.9 Å². The van der Waals surface area contributed by atoms with Crippen LogP contribution in [0.4, 0.5) is 13.2 Å². The quantitative estimate of drug-likeness (QED) is 0.793. The van der Waals surface area contributed by atoms with Crippen molar-refractivity contribution in [2.24, 2.45) is 0 Å². The molecule has 0 aliphatic carbocycles. The van der Waals surface area contributed by atoms with Crippen molar-refractivity contribution in [3.05, 3.63) is 35.4 Å². The summed E-state index contributed by atoms with van der Waals surface area (Å²) < 4.78 is 42.1. The number of carbonyl (C=O) groups is 1. The van der Waals surface area contributed by atoms with Gasteiger partial charge in [-0.05, 0) is 19.9 Å². The Bertz CT molecular complexity index is 942. The summed E-state index contributed by atoms with van der Waals surface area (Å²) in [7, 11) is 0. The maximum Gasteiger partial charge on any atom is 0.433 e. The maximum absolute atomic E-state index is 13.3. The zero-order valence-corrected chi connectivity index (χ0v) is 12.7. The van der Waals surface area contributed by atoms with E-state index in [1.54, 1.807) is 11.6 Å². The van der Waals surface area contributed by atoms with Crippen LogP contribution in [0.25, 0.3) is 16.9 Å². The number of aryl methyl sites for hydroxylation is 1. The number of aromatic nitrogens is 5. The first kappa shape index (κ1) is 16.0. The van der Waals surface area contributed by atoms with Crippen LogP contribution in [-0.2, 0) is 12.7 Å². The molecule has 0 spiro atoms. The fourth-order valence-electron chi connectivity index (χ4n) is 2.44. The largest absolute Gasteiger partial charge is 0.476 e. The number of hydrogen-bond donors (Lipinski definition) is 1. The van der Waals surface area contributed by atoms with Crippen LogP contribution in [0, 0.1) is 6.92 Å². The van der Waals surface area contributed by atoms with Gasteiger partial charge in [-0.15, -0.1) is 0 Å². The summed E-state index contributed by atoms with van der Waals surface area (Å²) in [4.78, 5) is 15.1. The van der Waals surface area contributed by atoms with Gasteiger partial charge in [0.1, 0.15) is 0 Å². The zero-order chi connectivity index (χ0) is 17.6. The lowest BCUT2D eigenvalue weighted by Gasteiger charge is -2.10. The fourth-order valence-corrected chi connectivity index (χ4v) is 2.44. The van der Waals surface area contributed by atoms with Crippen molar-refractivity contribution >= 4 is 11.6 Å². The number of hydrogen-bond acceptors (Lipinski definition) is 4. The lowest BCUT2D eigenvalue weighted by atomic mass is 10.1. The summed E-state index contributed by atoms with van der Waals surface area (Å²) in [6.07, 6.45) is -3.28. The van der Waals surface area contributed by atoms with Gasteiger partial charge in [-0.25, -0.2) is 14.3 Å². The molecule has 3 heterocycles. The second kappa shape index (κ2) is 5.32. The average molecular weight is 339 g/mol. The molecule has 0 saturated heterocycles. The highest BCUT2D eigenvalue weighted by molar-refractivity contribution is 5.86. The third-order valence-corrected chi connectivity index (χ3v) is 3.62. The number of fused-ring (bicyclic) bond motifs is 1. The third kappa shape index (κ3) is 2.49.